The van der Waals surface area contributed by atoms with Gasteiger partial charge in [-0.3, -0.25) is 24.6 Å². The van der Waals surface area contributed by atoms with Crippen LogP contribution < -0.4 is 5.56 Å². The van der Waals surface area contributed by atoms with Gasteiger partial charge in [0.2, 0.25) is 5.95 Å². The molecule has 2 bridgehead atoms. The summed E-state index contributed by atoms with van der Waals surface area (Å²) < 4.78 is 39.5. The maximum atomic E-state index is 13.0. The first-order valence-corrected chi connectivity index (χ1v) is 9.31. The number of fused-ring (bicyclic) bond motifs is 3. The summed E-state index contributed by atoms with van der Waals surface area (Å²) in [5.74, 6) is -0.170. The highest BCUT2D eigenvalue weighted by molar-refractivity contribution is 5.95. The van der Waals surface area contributed by atoms with E-state index in [1.54, 1.807) is 11.8 Å². The van der Waals surface area contributed by atoms with Gasteiger partial charge in [-0.15, -0.1) is 0 Å². The quantitative estimate of drug-likeness (QED) is 0.639. The van der Waals surface area contributed by atoms with Gasteiger partial charge in [0.05, 0.1) is 30.2 Å². The Bertz CT molecular complexity index is 1180. The number of piperazine rings is 1. The highest BCUT2D eigenvalue weighted by atomic mass is 19.4. The molecule has 0 aromatic carbocycles. The largest absolute Gasteiger partial charge is 0.401 e. The molecule has 2 N–H and O–H groups in total. The Morgan fingerprint density at radius 1 is 1.27 bits per heavy atom. The van der Waals surface area contributed by atoms with Crippen LogP contribution >= 0.6 is 0 Å². The number of nitrogens with one attached hydrogen (secondary N) is 2. The minimum atomic E-state index is -4.25. The number of rotatable bonds is 3. The summed E-state index contributed by atoms with van der Waals surface area (Å²) >= 11 is 0. The van der Waals surface area contributed by atoms with Crippen molar-refractivity contribution in [2.75, 3.05) is 19.6 Å². The number of carbonyl (C=O) groups is 1. The number of amides is 1. The van der Waals surface area contributed by atoms with Gasteiger partial charge in [0, 0.05) is 25.2 Å². The van der Waals surface area contributed by atoms with Crippen molar-refractivity contribution in [1.82, 2.24) is 39.7 Å². The van der Waals surface area contributed by atoms with Gasteiger partial charge in [0.15, 0.2) is 5.65 Å². The molecule has 0 saturated carbocycles. The third kappa shape index (κ3) is 2.96. The van der Waals surface area contributed by atoms with E-state index >= 15 is 0 Å². The molecule has 1 amide bonds. The van der Waals surface area contributed by atoms with Gasteiger partial charge in [-0.1, -0.05) is 0 Å². The molecule has 3 aromatic heterocycles. The van der Waals surface area contributed by atoms with Crippen molar-refractivity contribution >= 4 is 16.9 Å². The van der Waals surface area contributed by atoms with Crippen LogP contribution in [0.5, 0.6) is 0 Å². The lowest BCUT2D eigenvalue weighted by atomic mass is 9.87. The standard InChI is InChI=1S/C17H17F3N8O2/c1-8-11(4-22-28(8)16-23-13-12(3-21-25-13)14(29)24-16)15(30)26-5-9-2-10(6-26)27(9)7-17(18,19)20/h3-4,9-10H,2,5-7H2,1H3,(H2,21,23,24,25,29). The van der Waals surface area contributed by atoms with Crippen LogP contribution in [0.25, 0.3) is 17.0 Å². The number of H-pyrrole nitrogens is 2. The zero-order valence-corrected chi connectivity index (χ0v) is 15.8. The molecule has 10 nitrogen and oxygen atoms in total. The Morgan fingerprint density at radius 3 is 2.70 bits per heavy atom. The predicted molar refractivity (Wildman–Crippen MR) is 97.2 cm³/mol. The summed E-state index contributed by atoms with van der Waals surface area (Å²) in [7, 11) is 0. The van der Waals surface area contributed by atoms with E-state index in [-0.39, 0.29) is 42.7 Å². The first-order valence-electron chi connectivity index (χ1n) is 9.31. The second kappa shape index (κ2) is 6.39. The number of carbonyl (C=O) groups excluding carboxylic acids is 1. The predicted octanol–water partition coefficient (Wildman–Crippen LogP) is 0.601. The number of aromatic amines is 2. The van der Waals surface area contributed by atoms with Crippen LogP contribution in [-0.4, -0.2) is 83.5 Å². The van der Waals surface area contributed by atoms with Gasteiger partial charge >= 0.3 is 6.18 Å². The summed E-state index contributed by atoms with van der Waals surface area (Å²) in [6, 6.07) is -0.573. The van der Waals surface area contributed by atoms with Crippen molar-refractivity contribution in [3.8, 4) is 5.95 Å². The summed E-state index contributed by atoms with van der Waals surface area (Å²) in [4.78, 5) is 35.0. The second-order valence-electron chi connectivity index (χ2n) is 7.62. The lowest BCUT2D eigenvalue weighted by Gasteiger charge is -2.56. The van der Waals surface area contributed by atoms with E-state index in [1.807, 2.05) is 0 Å². The Kier molecular flexibility index (Phi) is 4.00. The summed E-state index contributed by atoms with van der Waals surface area (Å²) in [6.45, 7) is 1.20. The summed E-state index contributed by atoms with van der Waals surface area (Å²) in [5.41, 5.74) is 0.671. The number of aromatic nitrogens is 6. The molecule has 2 atom stereocenters. The van der Waals surface area contributed by atoms with Crippen LogP contribution in [0, 0.1) is 6.92 Å². The maximum absolute atomic E-state index is 13.0. The molecule has 3 fully saturated rings. The van der Waals surface area contributed by atoms with Gasteiger partial charge in [-0.25, -0.2) is 4.68 Å². The van der Waals surface area contributed by atoms with Gasteiger partial charge < -0.3 is 4.90 Å². The normalized spacial score (nSPS) is 21.8. The minimum absolute atomic E-state index is 0.131. The van der Waals surface area contributed by atoms with Crippen LogP contribution in [0.2, 0.25) is 0 Å². The van der Waals surface area contributed by atoms with Crippen molar-refractivity contribution in [2.24, 2.45) is 0 Å². The molecule has 0 radical (unpaired) electrons. The Labute approximate surface area is 166 Å². The third-order valence-corrected chi connectivity index (χ3v) is 5.74. The van der Waals surface area contributed by atoms with Crippen molar-refractivity contribution in [2.45, 2.75) is 31.6 Å². The SMILES string of the molecule is Cc1c(C(=O)N2CC3CC(C2)N3CC(F)(F)F)cnn1-c1nc2[nH]ncc2c(=O)[nH]1. The monoisotopic (exact) mass is 422 g/mol. The molecule has 30 heavy (non-hydrogen) atoms. The molecule has 6 heterocycles. The van der Waals surface area contributed by atoms with Crippen molar-refractivity contribution in [1.29, 1.82) is 0 Å². The lowest BCUT2D eigenvalue weighted by Crippen LogP contribution is -2.70. The maximum Gasteiger partial charge on any atom is 0.401 e. The highest BCUT2D eigenvalue weighted by Crippen LogP contribution is 2.35. The lowest BCUT2D eigenvalue weighted by molar-refractivity contribution is -0.184. The summed E-state index contributed by atoms with van der Waals surface area (Å²) in [6.07, 6.45) is -0.851. The van der Waals surface area contributed by atoms with E-state index in [9.17, 15) is 22.8 Å². The minimum Gasteiger partial charge on any atom is -0.335 e. The molecule has 0 spiro atoms. The van der Waals surface area contributed by atoms with Crippen LogP contribution in [0.1, 0.15) is 22.5 Å². The van der Waals surface area contributed by atoms with Crippen LogP contribution in [-0.2, 0) is 0 Å². The molecule has 2 unspecified atom stereocenters. The second-order valence-corrected chi connectivity index (χ2v) is 7.62. The zero-order chi connectivity index (χ0) is 21.2. The average Bonchev–Trinajstić information content (AvgIpc) is 3.32. The highest BCUT2D eigenvalue weighted by Gasteiger charge is 2.49. The van der Waals surface area contributed by atoms with Crippen molar-refractivity contribution in [3.63, 3.8) is 0 Å². The first kappa shape index (κ1) is 18.8. The van der Waals surface area contributed by atoms with E-state index in [1.165, 1.54) is 22.0 Å². The van der Waals surface area contributed by atoms with Crippen molar-refractivity contribution < 1.29 is 18.0 Å². The fourth-order valence-electron chi connectivity index (χ4n) is 4.26. The van der Waals surface area contributed by atoms with Gasteiger partial charge in [-0.2, -0.15) is 28.4 Å². The van der Waals surface area contributed by atoms with Crippen LogP contribution in [0.15, 0.2) is 17.2 Å². The molecule has 3 aliphatic rings. The number of alkyl halides is 3. The molecule has 158 valence electrons. The molecule has 3 aliphatic heterocycles. The Balaban J connectivity index is 1.37. The van der Waals surface area contributed by atoms with Crippen molar-refractivity contribution in [3.05, 3.63) is 34.0 Å². The number of hydrogen-bond donors (Lipinski definition) is 2. The first-order chi connectivity index (χ1) is 14.2. The smallest absolute Gasteiger partial charge is 0.335 e. The molecule has 13 heteroatoms. The molecule has 0 aliphatic carbocycles. The molecule has 3 aromatic rings. The molecule has 6 rings (SSSR count). The van der Waals surface area contributed by atoms with E-state index in [2.05, 4.69) is 25.3 Å². The van der Waals surface area contributed by atoms with Gasteiger partial charge in [0.1, 0.15) is 5.39 Å². The van der Waals surface area contributed by atoms with Crippen LogP contribution in [0.3, 0.4) is 0 Å². The van der Waals surface area contributed by atoms with E-state index < -0.39 is 18.3 Å². The van der Waals surface area contributed by atoms with Gasteiger partial charge in [-0.05, 0) is 13.3 Å². The summed E-state index contributed by atoms with van der Waals surface area (Å²) in [5, 5.41) is 10.9. The van der Waals surface area contributed by atoms with E-state index in [4.69, 9.17) is 0 Å². The fourth-order valence-corrected chi connectivity index (χ4v) is 4.26. The number of nitrogens with zero attached hydrogens (tertiary/aromatic N) is 6. The third-order valence-electron chi connectivity index (χ3n) is 5.74. The van der Waals surface area contributed by atoms with Crippen LogP contribution in [0.4, 0.5) is 13.2 Å². The average molecular weight is 422 g/mol. The van der Waals surface area contributed by atoms with Gasteiger partial charge in [0.25, 0.3) is 11.5 Å². The molecule has 3 saturated heterocycles. The molecular formula is C17H17F3N8O2. The number of hydrogen-bond acceptors (Lipinski definition) is 6. The number of halogens is 3. The Morgan fingerprint density at radius 2 is 2.00 bits per heavy atom. The van der Waals surface area contributed by atoms with E-state index in [0.717, 1.165) is 0 Å². The zero-order valence-electron chi connectivity index (χ0n) is 15.8. The topological polar surface area (TPSA) is 116 Å². The molecular weight excluding hydrogens is 405 g/mol. The Hall–Kier alpha value is -3.22. The fraction of sp³-hybridized carbons (Fsp3) is 0.471. The van der Waals surface area contributed by atoms with E-state index in [0.29, 0.717) is 23.1 Å². The number of piperidine rings is 1.